The lowest BCUT2D eigenvalue weighted by Crippen LogP contribution is -2.60. The van der Waals surface area contributed by atoms with Gasteiger partial charge in [-0.1, -0.05) is 157 Å². The molecule has 3 rings (SSSR count). The highest BCUT2D eigenvalue weighted by molar-refractivity contribution is 7.80. The summed E-state index contributed by atoms with van der Waals surface area (Å²) < 4.78 is 0. The molecule has 3 aromatic carbocycles. The number of hydrogen-bond acceptors (Lipinski definition) is 10. The fraction of sp³-hybridized carbons (Fsp3) is 0.500. The van der Waals surface area contributed by atoms with Crippen molar-refractivity contribution in [3.8, 4) is 5.75 Å². The molecule has 0 aliphatic carbocycles. The van der Waals surface area contributed by atoms with Crippen molar-refractivity contribution in [1.29, 1.82) is 0 Å². The summed E-state index contributed by atoms with van der Waals surface area (Å²) in [6.45, 7) is 1.86. The van der Waals surface area contributed by atoms with E-state index in [1.807, 2.05) is 0 Å². The second kappa shape index (κ2) is 33.2. The summed E-state index contributed by atoms with van der Waals surface area (Å²) in [5, 5.41) is 34.9. The molecule has 0 aromatic heterocycles. The predicted molar refractivity (Wildman–Crippen MR) is 270 cm³/mol. The molecule has 0 radical (unpaired) electrons. The average molecular weight is 988 g/mol. The van der Waals surface area contributed by atoms with Crippen LogP contribution in [0.1, 0.15) is 120 Å². The highest BCUT2D eigenvalue weighted by Gasteiger charge is 2.33. The molecule has 0 aliphatic rings. The molecule has 18 heteroatoms. The van der Waals surface area contributed by atoms with Crippen LogP contribution >= 0.6 is 12.6 Å². The first-order valence-corrected chi connectivity index (χ1v) is 25.1. The third-order valence-corrected chi connectivity index (χ3v) is 12.0. The topological polar surface area (TPSA) is 275 Å². The fourth-order valence-electron chi connectivity index (χ4n) is 7.70. The standard InChI is InChI=1S/C52H73N7O10S/c1-2-3-4-5-6-7-8-9-10-11-12-13-20-25-46(62)54-34-47(63)55-40(30-36-21-16-14-17-22-36)48(64)56-41(31-37-23-18-15-19-24-37)49(65)57-42(32-38-26-28-39(60)29-27-38)50(66)59-44(35-70)51(67)58-43(52(68)69)33-45(53)61/h14-19,21-24,26-29,40-44,60,70H,2-13,20,25,30-35H2,1H3,(H2,53,61)(H,54,62)(H,55,63)(H,56,64)(H,57,65)(H,58,67)(H,59,66)(H,68,69)/t40-,41-,42-,43-,44-/m0/s1. The van der Waals surface area contributed by atoms with Crippen molar-refractivity contribution in [1.82, 2.24) is 31.9 Å². The summed E-state index contributed by atoms with van der Waals surface area (Å²) in [5.41, 5.74) is 6.99. The maximum absolute atomic E-state index is 14.4. The third-order valence-electron chi connectivity index (χ3n) is 11.6. The van der Waals surface area contributed by atoms with E-state index < -0.39 is 78.0 Å². The van der Waals surface area contributed by atoms with Gasteiger partial charge in [0.05, 0.1) is 13.0 Å². The van der Waals surface area contributed by atoms with Crippen LogP contribution in [0.4, 0.5) is 0 Å². The van der Waals surface area contributed by atoms with Crippen molar-refractivity contribution >= 4 is 59.9 Å². The predicted octanol–water partition coefficient (Wildman–Crippen LogP) is 4.33. The number of hydrogen-bond donors (Lipinski definition) is 10. The molecule has 0 saturated heterocycles. The van der Waals surface area contributed by atoms with E-state index in [1.54, 1.807) is 60.7 Å². The molecule has 70 heavy (non-hydrogen) atoms. The number of thiol groups is 1. The third kappa shape index (κ3) is 23.7. The second-order valence-electron chi connectivity index (χ2n) is 17.6. The van der Waals surface area contributed by atoms with E-state index in [-0.39, 0.29) is 49.6 Å². The smallest absolute Gasteiger partial charge is 0.326 e. The largest absolute Gasteiger partial charge is 0.508 e. The first-order chi connectivity index (χ1) is 33.7. The summed E-state index contributed by atoms with van der Waals surface area (Å²) in [4.78, 5) is 105. The van der Waals surface area contributed by atoms with Crippen molar-refractivity contribution in [3.05, 3.63) is 102 Å². The van der Waals surface area contributed by atoms with Gasteiger partial charge >= 0.3 is 5.97 Å². The normalized spacial score (nSPS) is 13.1. The maximum atomic E-state index is 14.4. The number of nitrogens with one attached hydrogen (secondary N) is 6. The Bertz CT molecular complexity index is 2100. The van der Waals surface area contributed by atoms with E-state index in [0.717, 1.165) is 19.3 Å². The highest BCUT2D eigenvalue weighted by atomic mass is 32.1. The number of carbonyl (C=O) groups is 8. The summed E-state index contributed by atoms with van der Waals surface area (Å²) >= 11 is 4.16. The molecule has 0 aliphatic heterocycles. The SMILES string of the molecule is CCCCCCCCCCCCCCCC(=O)NCC(=O)N[C@@H](Cc1ccccc1)C(=O)N[C@@H](Cc1ccccc1)C(=O)N[C@@H](Cc1ccc(O)cc1)C(=O)N[C@@H](CS)C(=O)N[C@@H](CC(N)=O)C(=O)O. The highest BCUT2D eigenvalue weighted by Crippen LogP contribution is 2.15. The number of carboxylic acid groups (broad SMARTS) is 1. The van der Waals surface area contributed by atoms with Gasteiger partial charge in [-0.15, -0.1) is 0 Å². The summed E-state index contributed by atoms with van der Waals surface area (Å²) in [6.07, 6.45) is 14.7. The molecular formula is C52H73N7O10S. The number of aliphatic carboxylic acids is 1. The molecule has 3 aromatic rings. The monoisotopic (exact) mass is 988 g/mol. The molecular weight excluding hydrogens is 915 g/mol. The summed E-state index contributed by atoms with van der Waals surface area (Å²) in [6, 6.07) is 16.4. The van der Waals surface area contributed by atoms with E-state index in [4.69, 9.17) is 5.73 Å². The van der Waals surface area contributed by atoms with Crippen LogP contribution in [0.2, 0.25) is 0 Å². The zero-order valence-electron chi connectivity index (χ0n) is 40.3. The van der Waals surface area contributed by atoms with E-state index in [1.165, 1.54) is 82.1 Å². The van der Waals surface area contributed by atoms with Crippen LogP contribution < -0.4 is 37.6 Å². The van der Waals surface area contributed by atoms with Gasteiger partial charge in [0.2, 0.25) is 41.4 Å². The maximum Gasteiger partial charge on any atom is 0.326 e. The van der Waals surface area contributed by atoms with Crippen LogP contribution in [0.5, 0.6) is 5.75 Å². The Morgan fingerprint density at radius 1 is 0.500 bits per heavy atom. The van der Waals surface area contributed by atoms with Crippen LogP contribution in [0.25, 0.3) is 0 Å². The van der Waals surface area contributed by atoms with Crippen LogP contribution in [0, 0.1) is 0 Å². The number of amides is 7. The lowest BCUT2D eigenvalue weighted by Gasteiger charge is -2.27. The number of aromatic hydroxyl groups is 1. The quantitative estimate of drug-likeness (QED) is 0.0294. The number of benzene rings is 3. The molecule has 0 saturated carbocycles. The zero-order valence-corrected chi connectivity index (χ0v) is 41.2. The van der Waals surface area contributed by atoms with Gasteiger partial charge in [0, 0.05) is 31.4 Å². The van der Waals surface area contributed by atoms with Crippen LogP contribution in [-0.4, -0.2) is 100 Å². The molecule has 5 atom stereocenters. The number of carboxylic acids is 1. The molecule has 0 unspecified atom stereocenters. The van der Waals surface area contributed by atoms with E-state index >= 15 is 0 Å². The van der Waals surface area contributed by atoms with Gasteiger partial charge in [-0.3, -0.25) is 33.6 Å². The molecule has 0 fully saturated rings. The first kappa shape index (κ1) is 57.9. The lowest BCUT2D eigenvalue weighted by atomic mass is 10.0. The Kier molecular flexibility index (Phi) is 27.4. The van der Waals surface area contributed by atoms with E-state index in [0.29, 0.717) is 23.1 Å². The van der Waals surface area contributed by atoms with Crippen molar-refractivity contribution in [2.45, 2.75) is 153 Å². The number of unbranched alkanes of at least 4 members (excludes halogenated alkanes) is 12. The molecule has 0 spiro atoms. The minimum Gasteiger partial charge on any atom is -0.508 e. The van der Waals surface area contributed by atoms with Crippen LogP contribution in [-0.2, 0) is 57.6 Å². The second-order valence-corrected chi connectivity index (χ2v) is 17.9. The molecule has 17 nitrogen and oxygen atoms in total. The Morgan fingerprint density at radius 2 is 0.886 bits per heavy atom. The van der Waals surface area contributed by atoms with E-state index in [9.17, 15) is 48.6 Å². The van der Waals surface area contributed by atoms with Gasteiger partial charge in [-0.05, 0) is 35.2 Å². The molecule has 10 N–H and O–H groups in total. The first-order valence-electron chi connectivity index (χ1n) is 24.4. The Morgan fingerprint density at radius 3 is 1.31 bits per heavy atom. The summed E-state index contributed by atoms with van der Waals surface area (Å²) in [7, 11) is 0. The number of primary amides is 1. The number of rotatable bonds is 35. The minimum absolute atomic E-state index is 0.0340. The number of phenolic OH excluding ortho intramolecular Hbond substituents is 1. The van der Waals surface area contributed by atoms with Gasteiger partial charge < -0.3 is 47.8 Å². The van der Waals surface area contributed by atoms with Crippen molar-refractivity contribution in [3.63, 3.8) is 0 Å². The molecule has 7 amide bonds. The van der Waals surface area contributed by atoms with Crippen LogP contribution in [0.3, 0.4) is 0 Å². The van der Waals surface area contributed by atoms with Crippen molar-refractivity contribution in [2.75, 3.05) is 12.3 Å². The fourth-order valence-corrected chi connectivity index (χ4v) is 7.95. The van der Waals surface area contributed by atoms with Gasteiger partial charge in [-0.25, -0.2) is 4.79 Å². The van der Waals surface area contributed by atoms with Gasteiger partial charge in [0.15, 0.2) is 0 Å². The number of nitrogens with two attached hydrogens (primary N) is 1. The zero-order chi connectivity index (χ0) is 51.1. The van der Waals surface area contributed by atoms with Crippen molar-refractivity contribution < 1.29 is 48.6 Å². The molecule has 382 valence electrons. The summed E-state index contributed by atoms with van der Waals surface area (Å²) in [5.74, 6) is -7.17. The van der Waals surface area contributed by atoms with Gasteiger partial charge in [0.25, 0.3) is 0 Å². The molecule has 0 heterocycles. The Balaban J connectivity index is 1.72. The average Bonchev–Trinajstić information content (AvgIpc) is 3.34. The van der Waals surface area contributed by atoms with Crippen LogP contribution in [0.15, 0.2) is 84.9 Å². The van der Waals surface area contributed by atoms with Gasteiger partial charge in [-0.2, -0.15) is 12.6 Å². The minimum atomic E-state index is -1.69. The lowest BCUT2D eigenvalue weighted by molar-refractivity contribution is -0.143. The van der Waals surface area contributed by atoms with E-state index in [2.05, 4.69) is 51.5 Å². The number of carbonyl (C=O) groups excluding carboxylic acids is 7. The van der Waals surface area contributed by atoms with Gasteiger partial charge in [0.1, 0.15) is 36.0 Å². The Labute approximate surface area is 417 Å². The van der Waals surface area contributed by atoms with Crippen molar-refractivity contribution in [2.24, 2.45) is 5.73 Å². The number of phenols is 1. The molecule has 0 bridgehead atoms. The Hall–Kier alpha value is -6.43.